The van der Waals surface area contributed by atoms with E-state index in [1.807, 2.05) is 36.1 Å². The van der Waals surface area contributed by atoms with Gasteiger partial charge in [-0.2, -0.15) is 4.98 Å². The molecule has 5 rings (SSSR count). The van der Waals surface area contributed by atoms with Crippen molar-refractivity contribution in [1.29, 1.82) is 0 Å². The minimum Gasteiger partial charge on any atom is -0.490 e. The predicted octanol–water partition coefficient (Wildman–Crippen LogP) is 3.76. The third-order valence-corrected chi connectivity index (χ3v) is 6.74. The molecule has 4 heterocycles. The summed E-state index contributed by atoms with van der Waals surface area (Å²) in [7, 11) is 0. The molecule has 0 amide bonds. The van der Waals surface area contributed by atoms with Gasteiger partial charge in [-0.3, -0.25) is 9.78 Å². The lowest BCUT2D eigenvalue weighted by Gasteiger charge is -2.33. The van der Waals surface area contributed by atoms with Gasteiger partial charge in [0.05, 0.1) is 31.5 Å². The predicted molar refractivity (Wildman–Crippen MR) is 143 cm³/mol. The largest absolute Gasteiger partial charge is 0.490 e. The number of rotatable bonds is 9. The third-order valence-electron chi connectivity index (χ3n) is 6.74. The van der Waals surface area contributed by atoms with Crippen LogP contribution in [0.1, 0.15) is 32.6 Å². The highest BCUT2D eigenvalue weighted by molar-refractivity contribution is 5.71. The second kappa shape index (κ2) is 11.9. The molecule has 2 aliphatic rings. The van der Waals surface area contributed by atoms with Gasteiger partial charge >= 0.3 is 5.97 Å². The Labute approximate surface area is 221 Å². The highest BCUT2D eigenvalue weighted by atomic mass is 16.5. The fourth-order valence-electron chi connectivity index (χ4n) is 4.90. The molecule has 2 saturated heterocycles. The van der Waals surface area contributed by atoms with Gasteiger partial charge in [0.1, 0.15) is 17.7 Å². The standard InChI is InChI=1S/C27H33N7O4/c1-2-37-21-9-3-4-10-22(21)38-20-8-6-14-34(18-20)25-16-28-15-23(30-25)31-27-29-12-11-24(32-27)33-13-5-7-19(17-33)26(35)36/h3-4,9-12,15-16,19-20H,2,5-8,13-14,17-18H2,1H3,(H,35,36)(H,29,30,31,32). The van der Waals surface area contributed by atoms with E-state index in [-0.39, 0.29) is 12.0 Å². The van der Waals surface area contributed by atoms with Gasteiger partial charge in [0.2, 0.25) is 5.95 Å². The van der Waals surface area contributed by atoms with E-state index in [2.05, 4.69) is 25.2 Å². The van der Waals surface area contributed by atoms with E-state index in [1.54, 1.807) is 24.7 Å². The molecule has 11 nitrogen and oxygen atoms in total. The van der Waals surface area contributed by atoms with Gasteiger partial charge in [0.15, 0.2) is 17.3 Å². The maximum absolute atomic E-state index is 11.5. The van der Waals surface area contributed by atoms with Crippen molar-refractivity contribution in [2.75, 3.05) is 47.9 Å². The van der Waals surface area contributed by atoms with E-state index < -0.39 is 5.97 Å². The quantitative estimate of drug-likeness (QED) is 0.429. The molecule has 2 aromatic heterocycles. The first-order valence-electron chi connectivity index (χ1n) is 13.1. The first-order chi connectivity index (χ1) is 18.6. The summed E-state index contributed by atoms with van der Waals surface area (Å²) in [6, 6.07) is 9.56. The normalized spacial score (nSPS) is 19.6. The lowest BCUT2D eigenvalue weighted by Crippen LogP contribution is -2.41. The van der Waals surface area contributed by atoms with Crippen molar-refractivity contribution in [3.05, 3.63) is 48.9 Å². The zero-order chi connectivity index (χ0) is 26.3. The molecular weight excluding hydrogens is 486 g/mol. The monoisotopic (exact) mass is 519 g/mol. The Morgan fingerprint density at radius 3 is 2.63 bits per heavy atom. The molecule has 1 aromatic carbocycles. The fraction of sp³-hybridized carbons (Fsp3) is 0.444. The van der Waals surface area contributed by atoms with Gasteiger partial charge in [0.25, 0.3) is 0 Å². The highest BCUT2D eigenvalue weighted by Gasteiger charge is 2.27. The third kappa shape index (κ3) is 6.21. The maximum atomic E-state index is 11.5. The smallest absolute Gasteiger partial charge is 0.308 e. The molecule has 11 heteroatoms. The zero-order valence-corrected chi connectivity index (χ0v) is 21.5. The molecule has 0 saturated carbocycles. The number of carboxylic acid groups (broad SMARTS) is 1. The van der Waals surface area contributed by atoms with Crippen molar-refractivity contribution in [1.82, 2.24) is 19.9 Å². The molecule has 38 heavy (non-hydrogen) atoms. The fourth-order valence-corrected chi connectivity index (χ4v) is 4.90. The molecule has 2 N–H and O–H groups in total. The van der Waals surface area contributed by atoms with E-state index in [1.165, 1.54) is 0 Å². The van der Waals surface area contributed by atoms with E-state index in [0.717, 1.165) is 49.7 Å². The number of hydrogen-bond acceptors (Lipinski definition) is 10. The number of carbonyl (C=O) groups is 1. The first-order valence-corrected chi connectivity index (χ1v) is 13.1. The van der Waals surface area contributed by atoms with Crippen LogP contribution in [-0.4, -0.2) is 69.9 Å². The number of anilines is 4. The van der Waals surface area contributed by atoms with Gasteiger partial charge < -0.3 is 29.7 Å². The average molecular weight is 520 g/mol. The van der Waals surface area contributed by atoms with Gasteiger partial charge in [-0.05, 0) is 50.8 Å². The number of ether oxygens (including phenoxy) is 2. The Balaban J connectivity index is 1.24. The lowest BCUT2D eigenvalue weighted by atomic mass is 9.98. The molecular formula is C27H33N7O4. The van der Waals surface area contributed by atoms with Crippen LogP contribution in [0.15, 0.2) is 48.9 Å². The van der Waals surface area contributed by atoms with Gasteiger partial charge in [0, 0.05) is 25.8 Å². The van der Waals surface area contributed by atoms with Crippen LogP contribution in [0.5, 0.6) is 11.5 Å². The van der Waals surface area contributed by atoms with Crippen molar-refractivity contribution < 1.29 is 19.4 Å². The maximum Gasteiger partial charge on any atom is 0.308 e. The van der Waals surface area contributed by atoms with Crippen LogP contribution >= 0.6 is 0 Å². The molecule has 2 unspecified atom stereocenters. The Hall–Kier alpha value is -4.15. The molecule has 3 aromatic rings. The van der Waals surface area contributed by atoms with E-state index >= 15 is 0 Å². The lowest BCUT2D eigenvalue weighted by molar-refractivity contribution is -0.141. The van der Waals surface area contributed by atoms with E-state index in [0.29, 0.717) is 43.7 Å². The molecule has 0 spiro atoms. The summed E-state index contributed by atoms with van der Waals surface area (Å²) < 4.78 is 12.0. The van der Waals surface area contributed by atoms with Gasteiger partial charge in [-0.25, -0.2) is 9.97 Å². The second-order valence-electron chi connectivity index (χ2n) is 9.46. The van der Waals surface area contributed by atoms with Crippen molar-refractivity contribution in [3.8, 4) is 11.5 Å². The number of hydrogen-bond donors (Lipinski definition) is 2. The van der Waals surface area contributed by atoms with Crippen LogP contribution in [0.3, 0.4) is 0 Å². The minimum atomic E-state index is -0.766. The number of nitrogens with one attached hydrogen (secondary N) is 1. The average Bonchev–Trinajstić information content (AvgIpc) is 2.95. The number of benzene rings is 1. The number of aliphatic carboxylic acids is 1. The number of piperidine rings is 2. The van der Waals surface area contributed by atoms with Gasteiger partial charge in [-0.15, -0.1) is 0 Å². The Bertz CT molecular complexity index is 1240. The molecule has 0 aliphatic carbocycles. The van der Waals surface area contributed by atoms with Crippen LogP contribution in [0, 0.1) is 5.92 Å². The van der Waals surface area contributed by atoms with Crippen LogP contribution in [0.2, 0.25) is 0 Å². The Morgan fingerprint density at radius 1 is 1.03 bits per heavy atom. The number of para-hydroxylation sites is 2. The summed E-state index contributed by atoms with van der Waals surface area (Å²) in [5, 5.41) is 12.6. The summed E-state index contributed by atoms with van der Waals surface area (Å²) in [6.07, 6.45) is 8.47. The van der Waals surface area contributed by atoms with Crippen molar-refractivity contribution in [3.63, 3.8) is 0 Å². The number of carboxylic acids is 1. The number of nitrogens with zero attached hydrogens (tertiary/aromatic N) is 6. The summed E-state index contributed by atoms with van der Waals surface area (Å²) >= 11 is 0. The van der Waals surface area contributed by atoms with Crippen LogP contribution in [0.25, 0.3) is 0 Å². The summed E-state index contributed by atoms with van der Waals surface area (Å²) in [6.45, 7) is 5.29. The van der Waals surface area contributed by atoms with Crippen molar-refractivity contribution in [2.24, 2.45) is 5.92 Å². The van der Waals surface area contributed by atoms with Crippen LogP contribution < -0.4 is 24.6 Å². The highest BCUT2D eigenvalue weighted by Crippen LogP contribution is 2.30. The molecule has 0 radical (unpaired) electrons. The molecule has 2 fully saturated rings. The Kier molecular flexibility index (Phi) is 8.01. The summed E-state index contributed by atoms with van der Waals surface area (Å²) in [4.78, 5) is 33.7. The minimum absolute atomic E-state index is 0.00274. The zero-order valence-electron chi connectivity index (χ0n) is 21.5. The Morgan fingerprint density at radius 2 is 1.82 bits per heavy atom. The van der Waals surface area contributed by atoms with E-state index in [4.69, 9.17) is 14.5 Å². The second-order valence-corrected chi connectivity index (χ2v) is 9.46. The van der Waals surface area contributed by atoms with Crippen molar-refractivity contribution >= 4 is 29.4 Å². The van der Waals surface area contributed by atoms with Crippen LogP contribution in [-0.2, 0) is 4.79 Å². The summed E-state index contributed by atoms with van der Waals surface area (Å²) in [5.41, 5.74) is 0. The first kappa shape index (κ1) is 25.5. The van der Waals surface area contributed by atoms with Crippen LogP contribution in [0.4, 0.5) is 23.4 Å². The van der Waals surface area contributed by atoms with Crippen molar-refractivity contribution in [2.45, 2.75) is 38.7 Å². The number of aromatic nitrogens is 4. The SMILES string of the molecule is CCOc1ccccc1OC1CCCN(c2cncc(Nc3nccc(N4CCCC(C(=O)O)C4)n3)n2)C1. The molecule has 2 aliphatic heterocycles. The van der Waals surface area contributed by atoms with E-state index in [9.17, 15) is 9.90 Å². The summed E-state index contributed by atoms with van der Waals surface area (Å²) in [5.74, 6) is 2.72. The molecule has 200 valence electrons. The molecule has 2 atom stereocenters. The molecule has 0 bridgehead atoms. The topological polar surface area (TPSA) is 126 Å². The van der Waals surface area contributed by atoms with Gasteiger partial charge in [-0.1, -0.05) is 12.1 Å².